The third-order valence-corrected chi connectivity index (χ3v) is 3.86. The number of hydrogen-bond acceptors (Lipinski definition) is 4. The third kappa shape index (κ3) is 2.62. The average molecular weight is 263 g/mol. The first-order valence-corrected chi connectivity index (χ1v) is 6.50. The molecule has 6 heteroatoms. The Morgan fingerprint density at radius 3 is 2.79 bits per heavy atom. The Balaban J connectivity index is 2.25. The second-order valence-electron chi connectivity index (χ2n) is 5.91. The van der Waals surface area contributed by atoms with Crippen molar-refractivity contribution in [3.8, 4) is 0 Å². The summed E-state index contributed by atoms with van der Waals surface area (Å²) >= 11 is 0. The van der Waals surface area contributed by atoms with Crippen LogP contribution in [0, 0.1) is 18.3 Å². The fourth-order valence-electron chi connectivity index (χ4n) is 1.71. The van der Waals surface area contributed by atoms with E-state index in [4.69, 9.17) is 0 Å². The van der Waals surface area contributed by atoms with Gasteiger partial charge in [-0.3, -0.25) is 0 Å². The molecule has 2 aromatic rings. The van der Waals surface area contributed by atoms with Crippen molar-refractivity contribution in [3.63, 3.8) is 0 Å². The van der Waals surface area contributed by atoms with Gasteiger partial charge < -0.3 is 5.32 Å². The van der Waals surface area contributed by atoms with Gasteiger partial charge in [-0.05, 0) is 18.3 Å². The Hall–Kier alpha value is -1.85. The van der Waals surface area contributed by atoms with Crippen molar-refractivity contribution in [1.29, 1.82) is 0 Å². The Morgan fingerprint density at radius 1 is 1.47 bits per heavy atom. The van der Waals surface area contributed by atoms with Crippen molar-refractivity contribution in [2.45, 2.75) is 34.6 Å². The smallest absolute Gasteiger partial charge is 0.349 e. The molecule has 0 amide bonds. The second-order valence-corrected chi connectivity index (χ2v) is 5.91. The fourth-order valence-corrected chi connectivity index (χ4v) is 1.71. The largest absolute Gasteiger partial charge is 0.369 e. The number of nitrogens with zero attached hydrogens (tertiary/aromatic N) is 3. The van der Waals surface area contributed by atoms with Crippen LogP contribution in [0.3, 0.4) is 0 Å². The molecule has 0 aliphatic rings. The van der Waals surface area contributed by atoms with Crippen LogP contribution in [0.2, 0.25) is 0 Å². The summed E-state index contributed by atoms with van der Waals surface area (Å²) in [5.74, 6) is 1.94. The van der Waals surface area contributed by atoms with E-state index in [0.717, 1.165) is 12.4 Å². The summed E-state index contributed by atoms with van der Waals surface area (Å²) in [7, 11) is 0. The maximum absolute atomic E-state index is 11.5. The molecule has 0 spiro atoms. The van der Waals surface area contributed by atoms with Crippen LogP contribution in [0.4, 0.5) is 5.82 Å². The van der Waals surface area contributed by atoms with Gasteiger partial charge >= 0.3 is 5.69 Å². The first-order valence-electron chi connectivity index (χ1n) is 6.50. The maximum atomic E-state index is 11.5. The normalized spacial score (nSPS) is 12.3. The number of H-pyrrole nitrogens is 1. The van der Waals surface area contributed by atoms with Gasteiger partial charge in [0.1, 0.15) is 11.6 Å². The van der Waals surface area contributed by atoms with Gasteiger partial charge in [-0.2, -0.15) is 5.10 Å². The topological polar surface area (TPSA) is 75.1 Å². The molecule has 0 radical (unpaired) electrons. The van der Waals surface area contributed by atoms with Gasteiger partial charge in [0.05, 0.1) is 0 Å². The van der Waals surface area contributed by atoms with Gasteiger partial charge in [-0.25, -0.2) is 19.3 Å². The monoisotopic (exact) mass is 263 g/mol. The number of rotatable bonds is 4. The van der Waals surface area contributed by atoms with Crippen LogP contribution < -0.4 is 11.0 Å². The van der Waals surface area contributed by atoms with Crippen molar-refractivity contribution in [2.75, 3.05) is 11.9 Å². The maximum Gasteiger partial charge on any atom is 0.349 e. The quantitative estimate of drug-likeness (QED) is 0.882. The van der Waals surface area contributed by atoms with Crippen LogP contribution in [-0.4, -0.2) is 26.1 Å². The van der Waals surface area contributed by atoms with E-state index in [2.05, 4.69) is 48.2 Å². The van der Waals surface area contributed by atoms with Crippen LogP contribution in [0.15, 0.2) is 10.9 Å². The number of aryl methyl sites for hydroxylation is 1. The molecule has 0 saturated heterocycles. The zero-order valence-electron chi connectivity index (χ0n) is 12.1. The molecule has 0 aliphatic carbocycles. The number of aromatic nitrogens is 4. The molecule has 2 N–H and O–H groups in total. The molecule has 2 aromatic heterocycles. The molecular weight excluding hydrogens is 242 g/mol. The van der Waals surface area contributed by atoms with Crippen LogP contribution in [-0.2, 0) is 0 Å². The van der Waals surface area contributed by atoms with Gasteiger partial charge in [-0.15, -0.1) is 0 Å². The zero-order valence-corrected chi connectivity index (χ0v) is 12.1. The predicted octanol–water partition coefficient (Wildman–Crippen LogP) is 1.82. The average Bonchev–Trinajstić information content (AvgIpc) is 2.69. The van der Waals surface area contributed by atoms with E-state index in [9.17, 15) is 4.79 Å². The van der Waals surface area contributed by atoms with E-state index < -0.39 is 0 Å². The molecule has 104 valence electrons. The van der Waals surface area contributed by atoms with Crippen molar-refractivity contribution in [2.24, 2.45) is 11.3 Å². The molecule has 0 fully saturated rings. The van der Waals surface area contributed by atoms with E-state index in [0.29, 0.717) is 17.4 Å². The minimum atomic E-state index is -0.255. The van der Waals surface area contributed by atoms with Crippen LogP contribution in [0.1, 0.15) is 33.5 Å². The molecule has 0 bridgehead atoms. The van der Waals surface area contributed by atoms with Gasteiger partial charge in [0.15, 0.2) is 5.65 Å². The van der Waals surface area contributed by atoms with Gasteiger partial charge in [0.25, 0.3) is 0 Å². The van der Waals surface area contributed by atoms with E-state index in [1.165, 1.54) is 4.40 Å². The van der Waals surface area contributed by atoms with Crippen LogP contribution in [0.5, 0.6) is 0 Å². The van der Waals surface area contributed by atoms with E-state index >= 15 is 0 Å². The third-order valence-electron chi connectivity index (χ3n) is 3.86. The Morgan fingerprint density at radius 2 is 2.16 bits per heavy atom. The summed E-state index contributed by atoms with van der Waals surface area (Å²) in [5.41, 5.74) is 0.504. The fraction of sp³-hybridized carbons (Fsp3) is 0.615. The van der Waals surface area contributed by atoms with E-state index in [1.807, 2.05) is 0 Å². The predicted molar refractivity (Wildman–Crippen MR) is 75.5 cm³/mol. The molecule has 2 rings (SSSR count). The first-order chi connectivity index (χ1) is 8.81. The lowest BCUT2D eigenvalue weighted by Crippen LogP contribution is -2.29. The van der Waals surface area contributed by atoms with Gasteiger partial charge in [0.2, 0.25) is 0 Å². The molecule has 0 atom stereocenters. The molecule has 0 aliphatic heterocycles. The second kappa shape index (κ2) is 4.68. The molecule has 0 unspecified atom stereocenters. The van der Waals surface area contributed by atoms with Crippen molar-refractivity contribution < 1.29 is 0 Å². The minimum Gasteiger partial charge on any atom is -0.369 e. The highest BCUT2D eigenvalue weighted by atomic mass is 16.1. The van der Waals surface area contributed by atoms with Crippen molar-refractivity contribution in [3.05, 3.63) is 22.4 Å². The van der Waals surface area contributed by atoms with Crippen molar-refractivity contribution in [1.82, 2.24) is 19.6 Å². The summed E-state index contributed by atoms with van der Waals surface area (Å²) in [6.07, 6.45) is 0. The SMILES string of the molecule is Cc1nc(NCC(C)(C)C(C)C)cc2n[nH]c(=O)n12. The molecule has 19 heavy (non-hydrogen) atoms. The lowest BCUT2D eigenvalue weighted by molar-refractivity contribution is 0.269. The summed E-state index contributed by atoms with van der Waals surface area (Å²) in [4.78, 5) is 15.9. The highest BCUT2D eigenvalue weighted by molar-refractivity contribution is 5.49. The summed E-state index contributed by atoms with van der Waals surface area (Å²) in [6.45, 7) is 11.5. The van der Waals surface area contributed by atoms with E-state index in [1.54, 1.807) is 13.0 Å². The molecule has 0 aromatic carbocycles. The Kier molecular flexibility index (Phi) is 3.34. The number of hydrogen-bond donors (Lipinski definition) is 2. The van der Waals surface area contributed by atoms with Crippen molar-refractivity contribution >= 4 is 11.5 Å². The van der Waals surface area contributed by atoms with Gasteiger partial charge in [-0.1, -0.05) is 27.7 Å². The summed E-state index contributed by atoms with van der Waals surface area (Å²) in [5, 5.41) is 9.72. The zero-order chi connectivity index (χ0) is 14.2. The number of nitrogens with one attached hydrogen (secondary N) is 2. The molecular formula is C13H21N5O. The molecule has 0 saturated carbocycles. The van der Waals surface area contributed by atoms with Gasteiger partial charge in [0, 0.05) is 12.6 Å². The minimum absolute atomic E-state index is 0.174. The highest BCUT2D eigenvalue weighted by Gasteiger charge is 2.22. The standard InChI is InChI=1S/C13H21N5O/c1-8(2)13(4,5)7-14-10-6-11-16-17-12(19)18(11)9(3)15-10/h6,8,14H,7H2,1-5H3,(H,17,19). The van der Waals surface area contributed by atoms with Crippen LogP contribution >= 0.6 is 0 Å². The van der Waals surface area contributed by atoms with E-state index in [-0.39, 0.29) is 11.1 Å². The Bertz CT molecular complexity index is 638. The molecule has 2 heterocycles. The lowest BCUT2D eigenvalue weighted by atomic mass is 9.81. The lowest BCUT2D eigenvalue weighted by Gasteiger charge is -2.29. The van der Waals surface area contributed by atoms with Crippen LogP contribution in [0.25, 0.3) is 5.65 Å². The summed E-state index contributed by atoms with van der Waals surface area (Å²) in [6, 6.07) is 1.78. The first kappa shape index (κ1) is 13.6. The Labute approximate surface area is 112 Å². The molecule has 6 nitrogen and oxygen atoms in total. The number of anilines is 1. The number of fused-ring (bicyclic) bond motifs is 1. The summed E-state index contributed by atoms with van der Waals surface area (Å²) < 4.78 is 1.46. The number of aromatic amines is 1. The highest BCUT2D eigenvalue weighted by Crippen LogP contribution is 2.26.